The predicted octanol–water partition coefficient (Wildman–Crippen LogP) is 5.83. The zero-order valence-electron chi connectivity index (χ0n) is 21.9. The number of rotatable bonds is 6. The number of hydrogen-bond acceptors (Lipinski definition) is 6. The van der Waals surface area contributed by atoms with E-state index in [4.69, 9.17) is 10.8 Å². The fraction of sp³-hybridized carbons (Fsp3) is 0.448. The van der Waals surface area contributed by atoms with E-state index in [1.54, 1.807) is 6.07 Å². The Balaban J connectivity index is -0.000000580. The number of anilines is 1. The molecule has 4 rings (SSSR count). The van der Waals surface area contributed by atoms with Crippen molar-refractivity contribution in [2.75, 3.05) is 19.4 Å². The molecule has 0 aromatic heterocycles. The van der Waals surface area contributed by atoms with Crippen LogP contribution >= 0.6 is 28.3 Å². The lowest BCUT2D eigenvalue weighted by Gasteiger charge is -2.39. The van der Waals surface area contributed by atoms with E-state index >= 15 is 0 Å². The zero-order chi connectivity index (χ0) is 29.4. The van der Waals surface area contributed by atoms with Gasteiger partial charge in [0, 0.05) is 24.3 Å². The first kappa shape index (κ1) is 44.2. The zero-order valence-corrected chi connectivity index (χ0v) is 24.3. The number of benzene rings is 2. The Labute approximate surface area is 266 Å². The smallest absolute Gasteiger partial charge is 0.329 e. The summed E-state index contributed by atoms with van der Waals surface area (Å²) in [5.74, 6) is -3.92. The van der Waals surface area contributed by atoms with Crippen LogP contribution in [0.15, 0.2) is 40.9 Å². The normalized spacial score (nSPS) is 14.4. The third-order valence-corrected chi connectivity index (χ3v) is 7.01. The molecule has 0 spiro atoms. The van der Waals surface area contributed by atoms with Gasteiger partial charge in [-0.05, 0) is 74.9 Å². The van der Waals surface area contributed by atoms with Gasteiger partial charge >= 0.3 is 11.9 Å². The topological polar surface area (TPSA) is 171 Å². The van der Waals surface area contributed by atoms with Crippen molar-refractivity contribution >= 4 is 57.8 Å². The van der Waals surface area contributed by atoms with E-state index in [9.17, 15) is 33.1 Å². The third-order valence-electron chi connectivity index (χ3n) is 6.52. The van der Waals surface area contributed by atoms with Gasteiger partial charge in [0.1, 0.15) is 22.7 Å². The van der Waals surface area contributed by atoms with Crippen molar-refractivity contribution < 1.29 is 38.2 Å². The number of carboxylic acid groups (broad SMARTS) is 2. The highest BCUT2D eigenvalue weighted by Crippen LogP contribution is 2.36. The molecule has 0 saturated heterocycles. The molecular formula is C29H44BrClF2N4O6. The molecule has 2 fully saturated rings. The molecule has 43 heavy (non-hydrogen) atoms. The Morgan fingerprint density at radius 2 is 1.23 bits per heavy atom. The van der Waals surface area contributed by atoms with E-state index in [2.05, 4.69) is 31.9 Å². The van der Waals surface area contributed by atoms with Gasteiger partial charge in [0.15, 0.2) is 0 Å². The molecule has 244 valence electrons. The minimum absolute atomic E-state index is 0. The van der Waals surface area contributed by atoms with Crippen molar-refractivity contribution in [3.05, 3.63) is 63.6 Å². The van der Waals surface area contributed by atoms with Crippen LogP contribution in [0.3, 0.4) is 0 Å². The molecular weight excluding hydrogens is 654 g/mol. The fourth-order valence-electron chi connectivity index (χ4n) is 3.69. The van der Waals surface area contributed by atoms with E-state index < -0.39 is 46.5 Å². The van der Waals surface area contributed by atoms with Gasteiger partial charge < -0.3 is 31.9 Å². The average Bonchev–Trinajstić information content (AvgIpc) is 2.84. The fourth-order valence-corrected chi connectivity index (χ4v) is 4.02. The molecule has 0 heterocycles. The SMILES string of the molecule is C.C.C.CNC(=O)c1ccc(Br)cc1F.CNC(=O)c1ccc(NC2(C(=O)O)CCC2)cc1F.Cl.NC1(C(=O)O)CCC1. The van der Waals surface area contributed by atoms with Gasteiger partial charge in [0.2, 0.25) is 0 Å². The first-order chi connectivity index (χ1) is 18.3. The summed E-state index contributed by atoms with van der Waals surface area (Å²) in [7, 11) is 2.88. The van der Waals surface area contributed by atoms with Crippen LogP contribution in [0.2, 0.25) is 0 Å². The largest absolute Gasteiger partial charge is 0.480 e. The number of carboxylic acids is 2. The minimum Gasteiger partial charge on any atom is -0.480 e. The van der Waals surface area contributed by atoms with Crippen molar-refractivity contribution in [3.8, 4) is 0 Å². The molecule has 2 aromatic rings. The molecule has 2 aliphatic rings. The van der Waals surface area contributed by atoms with Crippen LogP contribution in [0.1, 0.15) is 81.5 Å². The highest BCUT2D eigenvalue weighted by Gasteiger charge is 2.44. The Morgan fingerprint density at radius 3 is 1.51 bits per heavy atom. The molecule has 10 nitrogen and oxygen atoms in total. The predicted molar refractivity (Wildman–Crippen MR) is 171 cm³/mol. The molecule has 0 unspecified atom stereocenters. The van der Waals surface area contributed by atoms with Gasteiger partial charge in [-0.25, -0.2) is 13.6 Å². The molecule has 2 amide bonds. The van der Waals surface area contributed by atoms with Crippen molar-refractivity contribution in [1.82, 2.24) is 10.6 Å². The third kappa shape index (κ3) is 11.4. The maximum Gasteiger partial charge on any atom is 0.329 e. The lowest BCUT2D eigenvalue weighted by Crippen LogP contribution is -2.53. The van der Waals surface area contributed by atoms with Crippen molar-refractivity contribution in [2.24, 2.45) is 5.73 Å². The molecule has 0 aliphatic heterocycles. The first-order valence-corrected chi connectivity index (χ1v) is 12.8. The van der Waals surface area contributed by atoms with E-state index in [1.807, 2.05) is 0 Å². The summed E-state index contributed by atoms with van der Waals surface area (Å²) in [6, 6.07) is 8.30. The molecule has 2 aromatic carbocycles. The Hall–Kier alpha value is -3.29. The highest BCUT2D eigenvalue weighted by molar-refractivity contribution is 9.10. The number of halogens is 4. The molecule has 0 atom stereocenters. The molecule has 7 N–H and O–H groups in total. The van der Waals surface area contributed by atoms with Crippen LogP contribution in [0.4, 0.5) is 14.5 Å². The second-order valence-electron chi connectivity index (χ2n) is 9.16. The number of nitrogens with one attached hydrogen (secondary N) is 3. The van der Waals surface area contributed by atoms with Crippen molar-refractivity contribution in [2.45, 2.75) is 71.9 Å². The summed E-state index contributed by atoms with van der Waals surface area (Å²) in [4.78, 5) is 43.7. The van der Waals surface area contributed by atoms with Gasteiger partial charge in [-0.15, -0.1) is 12.4 Å². The van der Waals surface area contributed by atoms with Crippen LogP contribution in [0.5, 0.6) is 0 Å². The maximum atomic E-state index is 13.7. The van der Waals surface area contributed by atoms with Crippen LogP contribution in [0.25, 0.3) is 0 Å². The summed E-state index contributed by atoms with van der Waals surface area (Å²) < 4.78 is 27.4. The number of amides is 2. The quantitative estimate of drug-likeness (QED) is 0.219. The second kappa shape index (κ2) is 19.1. The Bertz CT molecular complexity index is 1240. The average molecular weight is 698 g/mol. The minimum atomic E-state index is -0.999. The van der Waals surface area contributed by atoms with Gasteiger partial charge in [0.25, 0.3) is 11.8 Å². The Morgan fingerprint density at radius 1 is 0.791 bits per heavy atom. The highest BCUT2D eigenvalue weighted by atomic mass is 79.9. The van der Waals surface area contributed by atoms with E-state index in [0.717, 1.165) is 18.9 Å². The number of hydrogen-bond donors (Lipinski definition) is 6. The van der Waals surface area contributed by atoms with E-state index in [-0.39, 0.29) is 45.8 Å². The summed E-state index contributed by atoms with van der Waals surface area (Å²) >= 11 is 3.10. The molecule has 14 heteroatoms. The number of carbonyl (C=O) groups excluding carboxylic acids is 2. The molecule has 0 bridgehead atoms. The van der Waals surface area contributed by atoms with Crippen LogP contribution in [-0.4, -0.2) is 59.1 Å². The van der Waals surface area contributed by atoms with Crippen LogP contribution in [-0.2, 0) is 9.59 Å². The maximum absolute atomic E-state index is 13.7. The van der Waals surface area contributed by atoms with Crippen LogP contribution < -0.4 is 21.7 Å². The van der Waals surface area contributed by atoms with E-state index in [1.165, 1.54) is 38.4 Å². The number of carbonyl (C=O) groups is 4. The van der Waals surface area contributed by atoms with Gasteiger partial charge in [-0.1, -0.05) is 38.2 Å². The number of aliphatic carboxylic acids is 2. The lowest BCUT2D eigenvalue weighted by molar-refractivity contribution is -0.147. The monoisotopic (exact) mass is 696 g/mol. The lowest BCUT2D eigenvalue weighted by atomic mass is 9.76. The Kier molecular flexibility index (Phi) is 19.6. The molecule has 2 saturated carbocycles. The van der Waals surface area contributed by atoms with Gasteiger partial charge in [0.05, 0.1) is 11.1 Å². The standard InChI is InChI=1S/C13H15FN2O3.C8H7BrFNO.C5H9NO2.3CH4.ClH/c1-15-11(17)9-4-3-8(7-10(9)14)16-13(12(18)19)5-2-6-13;1-11-8(12)6-3-2-5(9)4-7(6)10;6-5(4(7)8)2-1-3-5;;;;/h3-4,7,16H,2,5-6H2,1H3,(H,15,17)(H,18,19);2-4H,1H3,(H,11,12);1-3,6H2,(H,7,8);3*1H4;1H. The number of nitrogens with two attached hydrogens (primary N) is 1. The summed E-state index contributed by atoms with van der Waals surface area (Å²) in [6.45, 7) is 0. The van der Waals surface area contributed by atoms with Crippen molar-refractivity contribution in [1.29, 1.82) is 0 Å². The summed E-state index contributed by atoms with van der Waals surface area (Å²) in [5.41, 5.74) is 3.85. The first-order valence-electron chi connectivity index (χ1n) is 12.0. The molecule has 2 aliphatic carbocycles. The van der Waals surface area contributed by atoms with Crippen LogP contribution in [0, 0.1) is 11.6 Å². The molecule has 0 radical (unpaired) electrons. The van der Waals surface area contributed by atoms with Crippen molar-refractivity contribution in [3.63, 3.8) is 0 Å². The summed E-state index contributed by atoms with van der Waals surface area (Å²) in [6.07, 6.45) is 4.11. The van der Waals surface area contributed by atoms with E-state index in [0.29, 0.717) is 35.8 Å². The summed E-state index contributed by atoms with van der Waals surface area (Å²) in [5, 5.41) is 25.1. The second-order valence-corrected chi connectivity index (χ2v) is 10.1. The van der Waals surface area contributed by atoms with Gasteiger partial charge in [-0.3, -0.25) is 14.4 Å². The van der Waals surface area contributed by atoms with Gasteiger partial charge in [-0.2, -0.15) is 0 Å².